The number of amides is 1. The number of nitrogens with zero attached hydrogens (tertiary/aromatic N) is 1. The molecule has 0 saturated heterocycles. The van der Waals surface area contributed by atoms with E-state index < -0.39 is 0 Å². The molecule has 20 heavy (non-hydrogen) atoms. The average Bonchev–Trinajstić information content (AvgIpc) is 2.38. The minimum absolute atomic E-state index is 0. The van der Waals surface area contributed by atoms with Crippen LogP contribution in [0.4, 0.5) is 5.82 Å². The van der Waals surface area contributed by atoms with Crippen LogP contribution < -0.4 is 16.4 Å². The molecule has 1 aromatic heterocycles. The average molecular weight is 323 g/mol. The van der Waals surface area contributed by atoms with Gasteiger partial charge in [-0.2, -0.15) is 0 Å². The van der Waals surface area contributed by atoms with Crippen molar-refractivity contribution in [2.45, 2.75) is 26.3 Å². The van der Waals surface area contributed by atoms with Crippen molar-refractivity contribution in [1.82, 2.24) is 10.3 Å². The summed E-state index contributed by atoms with van der Waals surface area (Å²) in [6, 6.07) is 5.61. The highest BCUT2D eigenvalue weighted by Gasteiger charge is 2.15. The molecule has 0 aromatic carbocycles. The number of nitrogens with two attached hydrogens (primary N) is 1. The maximum absolute atomic E-state index is 11.6. The van der Waals surface area contributed by atoms with Crippen LogP contribution in [0, 0.1) is 5.92 Å². The Morgan fingerprint density at radius 1 is 1.30 bits per heavy atom. The summed E-state index contributed by atoms with van der Waals surface area (Å²) in [5.41, 5.74) is 5.66. The number of hydrogen-bond donors (Lipinski definition) is 3. The first-order chi connectivity index (χ1) is 8.61. The van der Waals surface area contributed by atoms with E-state index in [0.29, 0.717) is 6.54 Å². The van der Waals surface area contributed by atoms with E-state index >= 15 is 0 Å². The number of carbonyl (C=O) groups excluding carboxylic acids is 1. The van der Waals surface area contributed by atoms with Gasteiger partial charge < -0.3 is 16.4 Å². The van der Waals surface area contributed by atoms with Crippen molar-refractivity contribution in [1.29, 1.82) is 0 Å². The van der Waals surface area contributed by atoms with E-state index in [1.165, 1.54) is 0 Å². The normalized spacial score (nSPS) is 12.3. The number of carbonyl (C=O) groups is 1. The standard InChI is InChI=1S/C13H22N4O.2ClH/c1-10(11(2)14)13(18)17-9-5-8-16-12-6-3-4-7-15-12;;/h3-4,6-7,10-11H,5,8-9,14H2,1-2H3,(H,15,16)(H,17,18);2*1H. The van der Waals surface area contributed by atoms with Gasteiger partial charge in [0.1, 0.15) is 5.82 Å². The number of nitrogens with one attached hydrogen (secondary N) is 2. The van der Waals surface area contributed by atoms with Crippen LogP contribution in [-0.4, -0.2) is 30.0 Å². The van der Waals surface area contributed by atoms with E-state index in [2.05, 4.69) is 15.6 Å². The molecule has 2 atom stereocenters. The van der Waals surface area contributed by atoms with Crippen LogP contribution >= 0.6 is 24.8 Å². The lowest BCUT2D eigenvalue weighted by molar-refractivity contribution is -0.124. The SMILES string of the molecule is CC(N)C(C)C(=O)NCCCNc1ccccn1.Cl.Cl. The Morgan fingerprint density at radius 3 is 2.55 bits per heavy atom. The van der Waals surface area contributed by atoms with Crippen LogP contribution in [0.25, 0.3) is 0 Å². The number of pyridine rings is 1. The molecule has 0 aliphatic rings. The van der Waals surface area contributed by atoms with Crippen LogP contribution in [0.3, 0.4) is 0 Å². The van der Waals surface area contributed by atoms with Crippen molar-refractivity contribution in [3.05, 3.63) is 24.4 Å². The lowest BCUT2D eigenvalue weighted by atomic mass is 10.0. The van der Waals surface area contributed by atoms with Gasteiger partial charge in [0, 0.05) is 31.2 Å². The number of hydrogen-bond acceptors (Lipinski definition) is 4. The van der Waals surface area contributed by atoms with Crippen LogP contribution in [0.15, 0.2) is 24.4 Å². The smallest absolute Gasteiger partial charge is 0.224 e. The predicted molar refractivity (Wildman–Crippen MR) is 87.7 cm³/mol. The third kappa shape index (κ3) is 8.19. The van der Waals surface area contributed by atoms with Gasteiger partial charge in [-0.15, -0.1) is 24.8 Å². The second kappa shape index (κ2) is 11.8. The molecule has 1 amide bonds. The molecule has 4 N–H and O–H groups in total. The molecule has 0 radical (unpaired) electrons. The van der Waals surface area contributed by atoms with Gasteiger partial charge in [-0.1, -0.05) is 13.0 Å². The van der Waals surface area contributed by atoms with Gasteiger partial charge in [0.2, 0.25) is 5.91 Å². The zero-order chi connectivity index (χ0) is 13.4. The van der Waals surface area contributed by atoms with Crippen LogP contribution in [0.5, 0.6) is 0 Å². The van der Waals surface area contributed by atoms with Crippen molar-refractivity contribution in [3.8, 4) is 0 Å². The summed E-state index contributed by atoms with van der Waals surface area (Å²) >= 11 is 0. The quantitative estimate of drug-likeness (QED) is 0.669. The summed E-state index contributed by atoms with van der Waals surface area (Å²) < 4.78 is 0. The molecule has 1 rings (SSSR count). The third-order valence-electron chi connectivity index (χ3n) is 2.83. The molecular formula is C13H24Cl2N4O. The van der Waals surface area contributed by atoms with Gasteiger partial charge in [0.25, 0.3) is 0 Å². The van der Waals surface area contributed by atoms with E-state index in [1.807, 2.05) is 32.0 Å². The van der Waals surface area contributed by atoms with E-state index in [-0.39, 0.29) is 42.7 Å². The summed E-state index contributed by atoms with van der Waals surface area (Å²) in [6.07, 6.45) is 2.60. The van der Waals surface area contributed by atoms with Gasteiger partial charge in [0.05, 0.1) is 0 Å². The molecule has 7 heteroatoms. The van der Waals surface area contributed by atoms with Gasteiger partial charge in [0.15, 0.2) is 0 Å². The minimum Gasteiger partial charge on any atom is -0.370 e. The summed E-state index contributed by atoms with van der Waals surface area (Å²) in [5, 5.41) is 6.05. The van der Waals surface area contributed by atoms with Crippen LogP contribution in [-0.2, 0) is 4.79 Å². The van der Waals surface area contributed by atoms with E-state index in [9.17, 15) is 4.79 Å². The summed E-state index contributed by atoms with van der Waals surface area (Å²) in [5.74, 6) is 0.726. The molecule has 2 unspecified atom stereocenters. The Labute approximate surface area is 132 Å². The summed E-state index contributed by atoms with van der Waals surface area (Å²) in [7, 11) is 0. The Bertz CT molecular complexity index is 363. The van der Waals surface area contributed by atoms with E-state index in [1.54, 1.807) is 6.20 Å². The molecule has 0 bridgehead atoms. The van der Waals surface area contributed by atoms with Crippen LogP contribution in [0.2, 0.25) is 0 Å². The molecule has 0 aliphatic heterocycles. The third-order valence-corrected chi connectivity index (χ3v) is 2.83. The second-order valence-electron chi connectivity index (χ2n) is 4.43. The fourth-order valence-corrected chi connectivity index (χ4v) is 1.38. The van der Waals surface area contributed by atoms with Crippen molar-refractivity contribution < 1.29 is 4.79 Å². The first-order valence-corrected chi connectivity index (χ1v) is 6.29. The number of rotatable bonds is 7. The number of aromatic nitrogens is 1. The second-order valence-corrected chi connectivity index (χ2v) is 4.43. The fourth-order valence-electron chi connectivity index (χ4n) is 1.38. The van der Waals surface area contributed by atoms with Crippen molar-refractivity contribution in [3.63, 3.8) is 0 Å². The molecule has 0 aliphatic carbocycles. The maximum Gasteiger partial charge on any atom is 0.224 e. The van der Waals surface area contributed by atoms with Crippen molar-refractivity contribution in [2.75, 3.05) is 18.4 Å². The maximum atomic E-state index is 11.6. The molecule has 0 fully saturated rings. The number of halogens is 2. The molecule has 1 heterocycles. The minimum atomic E-state index is -0.145. The predicted octanol–water partition coefficient (Wildman–Crippen LogP) is 1.83. The first-order valence-electron chi connectivity index (χ1n) is 6.29. The lowest BCUT2D eigenvalue weighted by Gasteiger charge is -2.15. The van der Waals surface area contributed by atoms with Gasteiger partial charge in [-0.25, -0.2) is 4.98 Å². The van der Waals surface area contributed by atoms with E-state index in [0.717, 1.165) is 18.8 Å². The molecule has 116 valence electrons. The molecule has 5 nitrogen and oxygen atoms in total. The zero-order valence-corrected chi connectivity index (χ0v) is 13.5. The molecule has 1 aromatic rings. The zero-order valence-electron chi connectivity index (χ0n) is 11.8. The Balaban J connectivity index is 0. The lowest BCUT2D eigenvalue weighted by Crippen LogP contribution is -2.39. The molecule has 0 spiro atoms. The van der Waals surface area contributed by atoms with Gasteiger partial charge >= 0.3 is 0 Å². The van der Waals surface area contributed by atoms with Gasteiger partial charge in [-0.3, -0.25) is 4.79 Å². The highest BCUT2D eigenvalue weighted by molar-refractivity contribution is 5.85. The Hall–Kier alpha value is -1.04. The van der Waals surface area contributed by atoms with Gasteiger partial charge in [-0.05, 0) is 25.5 Å². The first kappa shape index (κ1) is 21.3. The largest absolute Gasteiger partial charge is 0.370 e. The molecule has 0 saturated carbocycles. The van der Waals surface area contributed by atoms with Crippen molar-refractivity contribution in [2.24, 2.45) is 11.7 Å². The van der Waals surface area contributed by atoms with Crippen molar-refractivity contribution >= 4 is 36.5 Å². The monoisotopic (exact) mass is 322 g/mol. The summed E-state index contributed by atoms with van der Waals surface area (Å²) in [6.45, 7) is 5.11. The van der Waals surface area contributed by atoms with E-state index in [4.69, 9.17) is 5.73 Å². The summed E-state index contributed by atoms with van der Waals surface area (Å²) in [4.78, 5) is 15.7. The Kier molecular flexibility index (Phi) is 12.5. The fraction of sp³-hybridized carbons (Fsp3) is 0.538. The highest BCUT2D eigenvalue weighted by atomic mass is 35.5. The topological polar surface area (TPSA) is 80.0 Å². The number of anilines is 1. The Morgan fingerprint density at radius 2 is 2.00 bits per heavy atom. The molecular weight excluding hydrogens is 299 g/mol. The van der Waals surface area contributed by atoms with Crippen LogP contribution in [0.1, 0.15) is 20.3 Å². The highest BCUT2D eigenvalue weighted by Crippen LogP contribution is 2.00.